The second-order valence-electron chi connectivity index (χ2n) is 4.03. The van der Waals surface area contributed by atoms with Crippen molar-refractivity contribution >= 4 is 5.82 Å². The van der Waals surface area contributed by atoms with E-state index in [4.69, 9.17) is 10.5 Å². The molecule has 1 aromatic carbocycles. The predicted octanol–water partition coefficient (Wildman–Crippen LogP) is 2.86. The number of rotatable bonds is 3. The third kappa shape index (κ3) is 2.56. The number of pyridine rings is 1. The average molecular weight is 228 g/mol. The van der Waals surface area contributed by atoms with Gasteiger partial charge in [0.15, 0.2) is 0 Å². The molecule has 0 fully saturated rings. The lowest BCUT2D eigenvalue weighted by atomic mass is 10.1. The first-order valence-corrected chi connectivity index (χ1v) is 5.57. The highest BCUT2D eigenvalue weighted by Crippen LogP contribution is 2.22. The van der Waals surface area contributed by atoms with Crippen LogP contribution in [0, 0.1) is 13.8 Å². The summed E-state index contributed by atoms with van der Waals surface area (Å²) in [5.74, 6) is 1.42. The van der Waals surface area contributed by atoms with Gasteiger partial charge in [-0.15, -0.1) is 0 Å². The van der Waals surface area contributed by atoms with Crippen LogP contribution in [0.1, 0.15) is 16.7 Å². The minimum atomic E-state index is 0.448. The first-order chi connectivity index (χ1) is 8.18. The molecule has 3 heteroatoms. The third-order valence-electron chi connectivity index (χ3n) is 2.86. The Balaban J connectivity index is 2.13. The van der Waals surface area contributed by atoms with Gasteiger partial charge >= 0.3 is 0 Å². The molecule has 0 unspecified atom stereocenters. The van der Waals surface area contributed by atoms with E-state index in [1.54, 1.807) is 6.20 Å². The third-order valence-corrected chi connectivity index (χ3v) is 2.86. The summed E-state index contributed by atoms with van der Waals surface area (Å²) in [6, 6.07) is 9.81. The van der Waals surface area contributed by atoms with Gasteiger partial charge in [0.1, 0.15) is 18.2 Å². The summed E-state index contributed by atoms with van der Waals surface area (Å²) >= 11 is 0. The minimum Gasteiger partial charge on any atom is -0.488 e. The summed E-state index contributed by atoms with van der Waals surface area (Å²) in [5, 5.41) is 0. The van der Waals surface area contributed by atoms with Gasteiger partial charge < -0.3 is 10.5 Å². The molecule has 17 heavy (non-hydrogen) atoms. The molecule has 2 rings (SSSR count). The van der Waals surface area contributed by atoms with E-state index < -0.39 is 0 Å². The summed E-state index contributed by atoms with van der Waals surface area (Å²) in [7, 11) is 0. The number of aromatic nitrogens is 1. The van der Waals surface area contributed by atoms with Crippen molar-refractivity contribution in [1.82, 2.24) is 4.98 Å². The molecular weight excluding hydrogens is 212 g/mol. The largest absolute Gasteiger partial charge is 0.488 e. The Morgan fingerprint density at radius 2 is 2.00 bits per heavy atom. The maximum Gasteiger partial charge on any atom is 0.129 e. The van der Waals surface area contributed by atoms with Gasteiger partial charge in [0.05, 0.1) is 0 Å². The van der Waals surface area contributed by atoms with Crippen LogP contribution in [-0.2, 0) is 6.61 Å². The van der Waals surface area contributed by atoms with Crippen LogP contribution < -0.4 is 10.5 Å². The summed E-state index contributed by atoms with van der Waals surface area (Å²) in [4.78, 5) is 4.03. The highest BCUT2D eigenvalue weighted by atomic mass is 16.5. The van der Waals surface area contributed by atoms with Crippen molar-refractivity contribution in [3.63, 3.8) is 0 Å². The van der Waals surface area contributed by atoms with Crippen molar-refractivity contribution in [2.24, 2.45) is 0 Å². The molecule has 0 aliphatic heterocycles. The van der Waals surface area contributed by atoms with E-state index in [0.717, 1.165) is 16.9 Å². The van der Waals surface area contributed by atoms with E-state index in [1.807, 2.05) is 24.3 Å². The number of nitrogen functional groups attached to an aromatic ring is 1. The van der Waals surface area contributed by atoms with E-state index in [0.29, 0.717) is 12.4 Å². The highest BCUT2D eigenvalue weighted by molar-refractivity contribution is 5.40. The number of aryl methyl sites for hydroxylation is 1. The normalized spacial score (nSPS) is 10.2. The van der Waals surface area contributed by atoms with Crippen LogP contribution in [0.3, 0.4) is 0 Å². The van der Waals surface area contributed by atoms with Crippen molar-refractivity contribution in [3.8, 4) is 5.75 Å². The standard InChI is InChI=1S/C14H16N2O/c1-10-5-3-7-13(11(10)2)17-9-12-6-4-8-16-14(12)15/h3-8H,9H2,1-2H3,(H2,15,16). The fourth-order valence-corrected chi connectivity index (χ4v) is 1.61. The van der Waals surface area contributed by atoms with Gasteiger partial charge in [-0.3, -0.25) is 0 Å². The quantitative estimate of drug-likeness (QED) is 0.878. The molecule has 3 nitrogen and oxygen atoms in total. The van der Waals surface area contributed by atoms with Crippen LogP contribution in [0.15, 0.2) is 36.5 Å². The monoisotopic (exact) mass is 228 g/mol. The van der Waals surface area contributed by atoms with E-state index >= 15 is 0 Å². The maximum atomic E-state index is 5.76. The van der Waals surface area contributed by atoms with Gasteiger partial charge in [-0.2, -0.15) is 0 Å². The number of nitrogens with zero attached hydrogens (tertiary/aromatic N) is 1. The summed E-state index contributed by atoms with van der Waals surface area (Å²) < 4.78 is 5.76. The van der Waals surface area contributed by atoms with E-state index in [9.17, 15) is 0 Å². The lowest BCUT2D eigenvalue weighted by molar-refractivity contribution is 0.304. The highest BCUT2D eigenvalue weighted by Gasteiger charge is 2.04. The molecular formula is C14H16N2O. The van der Waals surface area contributed by atoms with E-state index in [-0.39, 0.29) is 0 Å². The Kier molecular flexibility index (Phi) is 3.28. The Labute approximate surface area is 101 Å². The first-order valence-electron chi connectivity index (χ1n) is 5.57. The number of ether oxygens (including phenoxy) is 1. The Morgan fingerprint density at radius 1 is 1.18 bits per heavy atom. The second kappa shape index (κ2) is 4.87. The molecule has 2 aromatic rings. The van der Waals surface area contributed by atoms with Crippen LogP contribution in [0.2, 0.25) is 0 Å². The van der Waals surface area contributed by atoms with E-state index in [2.05, 4.69) is 24.9 Å². The van der Waals surface area contributed by atoms with Gasteiger partial charge in [0, 0.05) is 11.8 Å². The van der Waals surface area contributed by atoms with Gasteiger partial charge in [0.25, 0.3) is 0 Å². The number of benzene rings is 1. The Morgan fingerprint density at radius 3 is 2.76 bits per heavy atom. The molecule has 1 heterocycles. The molecule has 2 N–H and O–H groups in total. The van der Waals surface area contributed by atoms with Crippen molar-refractivity contribution in [1.29, 1.82) is 0 Å². The average Bonchev–Trinajstić information content (AvgIpc) is 2.33. The van der Waals surface area contributed by atoms with Crippen LogP contribution in [0.25, 0.3) is 0 Å². The molecule has 0 amide bonds. The molecule has 0 aliphatic rings. The fourth-order valence-electron chi connectivity index (χ4n) is 1.61. The molecule has 0 bridgehead atoms. The van der Waals surface area contributed by atoms with Crippen molar-refractivity contribution in [3.05, 3.63) is 53.2 Å². The minimum absolute atomic E-state index is 0.448. The zero-order valence-electron chi connectivity index (χ0n) is 10.1. The van der Waals surface area contributed by atoms with Crippen LogP contribution in [0.5, 0.6) is 5.75 Å². The lowest BCUT2D eigenvalue weighted by Gasteiger charge is -2.11. The summed E-state index contributed by atoms with van der Waals surface area (Å²) in [6.07, 6.45) is 1.68. The van der Waals surface area contributed by atoms with Gasteiger partial charge in [-0.1, -0.05) is 18.2 Å². The van der Waals surface area contributed by atoms with E-state index in [1.165, 1.54) is 5.56 Å². The van der Waals surface area contributed by atoms with Crippen LogP contribution in [0.4, 0.5) is 5.82 Å². The Hall–Kier alpha value is -2.03. The second-order valence-corrected chi connectivity index (χ2v) is 4.03. The maximum absolute atomic E-state index is 5.76. The van der Waals surface area contributed by atoms with Crippen LogP contribution in [-0.4, -0.2) is 4.98 Å². The summed E-state index contributed by atoms with van der Waals surface area (Å²) in [5.41, 5.74) is 9.06. The van der Waals surface area contributed by atoms with Gasteiger partial charge in [-0.25, -0.2) is 4.98 Å². The predicted molar refractivity (Wildman–Crippen MR) is 68.9 cm³/mol. The van der Waals surface area contributed by atoms with Crippen LogP contribution >= 0.6 is 0 Å². The van der Waals surface area contributed by atoms with Gasteiger partial charge in [-0.05, 0) is 37.1 Å². The molecule has 0 radical (unpaired) electrons. The Bertz CT molecular complexity index is 523. The number of anilines is 1. The molecule has 1 aromatic heterocycles. The van der Waals surface area contributed by atoms with Crippen molar-refractivity contribution in [2.45, 2.75) is 20.5 Å². The first kappa shape index (κ1) is 11.5. The lowest BCUT2D eigenvalue weighted by Crippen LogP contribution is -2.02. The van der Waals surface area contributed by atoms with Gasteiger partial charge in [0.2, 0.25) is 0 Å². The topological polar surface area (TPSA) is 48.1 Å². The number of hydrogen-bond acceptors (Lipinski definition) is 3. The molecule has 0 spiro atoms. The summed E-state index contributed by atoms with van der Waals surface area (Å²) in [6.45, 7) is 4.57. The smallest absolute Gasteiger partial charge is 0.129 e. The molecule has 0 aliphatic carbocycles. The number of nitrogens with two attached hydrogens (primary N) is 1. The SMILES string of the molecule is Cc1cccc(OCc2cccnc2N)c1C. The number of hydrogen-bond donors (Lipinski definition) is 1. The fraction of sp³-hybridized carbons (Fsp3) is 0.214. The molecule has 88 valence electrons. The molecule has 0 saturated heterocycles. The molecule has 0 atom stereocenters. The van der Waals surface area contributed by atoms with Crippen molar-refractivity contribution in [2.75, 3.05) is 5.73 Å². The van der Waals surface area contributed by atoms with Crippen molar-refractivity contribution < 1.29 is 4.74 Å². The zero-order chi connectivity index (χ0) is 12.3. The zero-order valence-corrected chi connectivity index (χ0v) is 10.1. The molecule has 0 saturated carbocycles.